The number of hydrogen-bond acceptors (Lipinski definition) is 4. The molecule has 22 heavy (non-hydrogen) atoms. The summed E-state index contributed by atoms with van der Waals surface area (Å²) in [4.78, 5) is 27.5. The van der Waals surface area contributed by atoms with Gasteiger partial charge in [0.05, 0.1) is 11.9 Å². The Morgan fingerprint density at radius 1 is 1.18 bits per heavy atom. The third-order valence-corrected chi connectivity index (χ3v) is 3.96. The van der Waals surface area contributed by atoms with Crippen LogP contribution in [0, 0.1) is 5.82 Å². The summed E-state index contributed by atoms with van der Waals surface area (Å²) in [6.07, 6.45) is 0.162. The van der Waals surface area contributed by atoms with Gasteiger partial charge in [-0.1, -0.05) is 23.7 Å². The van der Waals surface area contributed by atoms with Gasteiger partial charge in [-0.05, 0) is 17.7 Å². The van der Waals surface area contributed by atoms with Gasteiger partial charge in [0, 0.05) is 13.1 Å². The van der Waals surface area contributed by atoms with Crippen LogP contribution in [0.4, 0.5) is 4.39 Å². The molecule has 0 unspecified atom stereocenters. The second-order valence-corrected chi connectivity index (χ2v) is 5.59. The Balaban J connectivity index is 1.68. The zero-order valence-corrected chi connectivity index (χ0v) is 13.0. The van der Waals surface area contributed by atoms with E-state index in [1.165, 1.54) is 17.6 Å². The lowest BCUT2D eigenvalue weighted by Gasteiger charge is -2.06. The van der Waals surface area contributed by atoms with Gasteiger partial charge in [-0.2, -0.15) is 0 Å². The van der Waals surface area contributed by atoms with E-state index in [1.807, 2.05) is 0 Å². The predicted molar refractivity (Wildman–Crippen MR) is 82.6 cm³/mol. The first kappa shape index (κ1) is 16.4. The maximum Gasteiger partial charge on any atom is 0.264 e. The minimum Gasteiger partial charge on any atom is -0.354 e. The van der Waals surface area contributed by atoms with Crippen LogP contribution in [0.3, 0.4) is 0 Å². The van der Waals surface area contributed by atoms with E-state index in [1.54, 1.807) is 12.1 Å². The summed E-state index contributed by atoms with van der Waals surface area (Å²) >= 11 is 6.89. The zero-order valence-electron chi connectivity index (χ0n) is 11.4. The number of amides is 2. The third kappa shape index (κ3) is 4.78. The summed E-state index contributed by atoms with van der Waals surface area (Å²) in [5, 5.41) is 5.47. The summed E-state index contributed by atoms with van der Waals surface area (Å²) in [6.45, 7) is 0.574. The molecule has 0 aliphatic rings. The molecule has 2 amide bonds. The summed E-state index contributed by atoms with van der Waals surface area (Å²) in [6, 6.07) is 5.73. The quantitative estimate of drug-likeness (QED) is 0.790. The highest BCUT2D eigenvalue weighted by atomic mass is 35.5. The molecule has 1 aromatic carbocycles. The number of halogens is 2. The normalized spacial score (nSPS) is 10.3. The number of nitrogens with one attached hydrogen (secondary N) is 2. The van der Waals surface area contributed by atoms with Gasteiger partial charge >= 0.3 is 0 Å². The second-order valence-electron chi connectivity index (χ2n) is 4.38. The number of nitrogens with zero attached hydrogens (tertiary/aromatic N) is 1. The van der Waals surface area contributed by atoms with Crippen molar-refractivity contribution in [2.75, 3.05) is 13.1 Å². The van der Waals surface area contributed by atoms with E-state index in [0.717, 1.165) is 16.9 Å². The number of carbonyl (C=O) groups excluding carboxylic acids is 2. The van der Waals surface area contributed by atoms with Crippen LogP contribution in [0.15, 0.2) is 29.8 Å². The summed E-state index contributed by atoms with van der Waals surface area (Å²) in [5.74, 6) is -0.856. The van der Waals surface area contributed by atoms with E-state index in [0.29, 0.717) is 11.4 Å². The van der Waals surface area contributed by atoms with Crippen LogP contribution in [0.2, 0.25) is 5.15 Å². The minimum absolute atomic E-state index is 0.162. The largest absolute Gasteiger partial charge is 0.354 e. The Morgan fingerprint density at radius 3 is 2.50 bits per heavy atom. The molecule has 2 aromatic rings. The lowest BCUT2D eigenvalue weighted by Crippen LogP contribution is -2.35. The molecule has 0 radical (unpaired) electrons. The smallest absolute Gasteiger partial charge is 0.264 e. The Hall–Kier alpha value is -1.99. The van der Waals surface area contributed by atoms with E-state index < -0.39 is 0 Å². The summed E-state index contributed by atoms with van der Waals surface area (Å²) < 4.78 is 12.7. The molecule has 1 heterocycles. The molecule has 5 nitrogen and oxygen atoms in total. The Morgan fingerprint density at radius 2 is 1.86 bits per heavy atom. The highest BCUT2D eigenvalue weighted by Gasteiger charge is 2.12. The first-order chi connectivity index (χ1) is 10.6. The fraction of sp³-hybridized carbons (Fsp3) is 0.214. The molecule has 1 aromatic heterocycles. The molecule has 0 atom stereocenters. The maximum absolute atomic E-state index is 12.7. The number of benzene rings is 1. The van der Waals surface area contributed by atoms with Crippen molar-refractivity contribution in [1.29, 1.82) is 0 Å². The number of hydrogen-bond donors (Lipinski definition) is 2. The monoisotopic (exact) mass is 341 g/mol. The molecule has 0 aliphatic heterocycles. The van der Waals surface area contributed by atoms with Gasteiger partial charge in [0.1, 0.15) is 10.7 Å². The van der Waals surface area contributed by atoms with Crippen LogP contribution in [0.1, 0.15) is 15.2 Å². The van der Waals surface area contributed by atoms with Gasteiger partial charge in [0.25, 0.3) is 5.91 Å². The Labute approximate surface area is 135 Å². The van der Waals surface area contributed by atoms with Crippen molar-refractivity contribution < 1.29 is 14.0 Å². The molecule has 0 fully saturated rings. The second kappa shape index (κ2) is 7.86. The highest BCUT2D eigenvalue weighted by Crippen LogP contribution is 2.17. The molecular formula is C14H13ClFN3O2S. The van der Waals surface area contributed by atoms with Gasteiger partial charge < -0.3 is 10.6 Å². The van der Waals surface area contributed by atoms with Crippen molar-refractivity contribution in [2.45, 2.75) is 6.42 Å². The van der Waals surface area contributed by atoms with Crippen molar-refractivity contribution in [3.63, 3.8) is 0 Å². The molecule has 2 N–H and O–H groups in total. The molecular weight excluding hydrogens is 329 g/mol. The van der Waals surface area contributed by atoms with E-state index in [-0.39, 0.29) is 35.8 Å². The van der Waals surface area contributed by atoms with Gasteiger partial charge in [-0.25, -0.2) is 9.37 Å². The fourth-order valence-electron chi connectivity index (χ4n) is 1.69. The van der Waals surface area contributed by atoms with Crippen molar-refractivity contribution >= 4 is 34.8 Å². The third-order valence-electron chi connectivity index (χ3n) is 2.74. The van der Waals surface area contributed by atoms with Gasteiger partial charge in [0.2, 0.25) is 5.91 Å². The molecule has 8 heteroatoms. The van der Waals surface area contributed by atoms with Crippen LogP contribution in [-0.4, -0.2) is 29.9 Å². The zero-order chi connectivity index (χ0) is 15.9. The summed E-state index contributed by atoms with van der Waals surface area (Å²) in [7, 11) is 0. The standard InChI is InChI=1S/C14H13ClFN3O2S/c15-13-12(22-8-19-13)14(21)18-6-5-17-11(20)7-9-1-3-10(16)4-2-9/h1-4,8H,5-7H2,(H,17,20)(H,18,21). The van der Waals surface area contributed by atoms with Crippen molar-refractivity contribution in [1.82, 2.24) is 15.6 Å². The molecule has 0 saturated heterocycles. The van der Waals surface area contributed by atoms with Crippen molar-refractivity contribution in [2.24, 2.45) is 0 Å². The van der Waals surface area contributed by atoms with Crippen LogP contribution in [0.5, 0.6) is 0 Å². The lowest BCUT2D eigenvalue weighted by atomic mass is 10.1. The first-order valence-electron chi connectivity index (χ1n) is 6.44. The van der Waals surface area contributed by atoms with Crippen LogP contribution in [-0.2, 0) is 11.2 Å². The van der Waals surface area contributed by atoms with Crippen LogP contribution < -0.4 is 10.6 Å². The number of aromatic nitrogens is 1. The number of carbonyl (C=O) groups is 2. The van der Waals surface area contributed by atoms with E-state index in [2.05, 4.69) is 15.6 Å². The maximum atomic E-state index is 12.7. The van der Waals surface area contributed by atoms with E-state index in [4.69, 9.17) is 11.6 Å². The Kier molecular flexibility index (Phi) is 5.85. The molecule has 0 aliphatic carbocycles. The fourth-order valence-corrected chi connectivity index (χ4v) is 2.61. The van der Waals surface area contributed by atoms with Crippen LogP contribution in [0.25, 0.3) is 0 Å². The molecule has 0 saturated carbocycles. The minimum atomic E-state index is -0.339. The topological polar surface area (TPSA) is 71.1 Å². The first-order valence-corrected chi connectivity index (χ1v) is 7.70. The average molecular weight is 342 g/mol. The van der Waals surface area contributed by atoms with Crippen molar-refractivity contribution in [3.05, 3.63) is 51.2 Å². The van der Waals surface area contributed by atoms with Crippen LogP contribution >= 0.6 is 22.9 Å². The van der Waals surface area contributed by atoms with E-state index in [9.17, 15) is 14.0 Å². The predicted octanol–water partition coefficient (Wildman–Crippen LogP) is 2.02. The SMILES string of the molecule is O=C(Cc1ccc(F)cc1)NCCNC(=O)c1scnc1Cl. The average Bonchev–Trinajstić information content (AvgIpc) is 2.92. The molecule has 0 bridgehead atoms. The van der Waals surface area contributed by atoms with Gasteiger partial charge in [-0.3, -0.25) is 9.59 Å². The molecule has 0 spiro atoms. The molecule has 116 valence electrons. The van der Waals surface area contributed by atoms with E-state index >= 15 is 0 Å². The lowest BCUT2D eigenvalue weighted by molar-refractivity contribution is -0.120. The van der Waals surface area contributed by atoms with Gasteiger partial charge in [0.15, 0.2) is 5.15 Å². The summed E-state index contributed by atoms with van der Waals surface area (Å²) in [5.41, 5.74) is 2.21. The number of thiazole rings is 1. The number of rotatable bonds is 6. The highest BCUT2D eigenvalue weighted by molar-refractivity contribution is 7.12. The molecule has 2 rings (SSSR count). The van der Waals surface area contributed by atoms with Crippen molar-refractivity contribution in [3.8, 4) is 0 Å². The Bertz CT molecular complexity index is 660. The van der Waals surface area contributed by atoms with Gasteiger partial charge in [-0.15, -0.1) is 11.3 Å².